The molecule has 6 rings (SSSR count). The number of fused-ring (bicyclic) bond motifs is 2. The summed E-state index contributed by atoms with van der Waals surface area (Å²) < 4.78 is 25.4. The van der Waals surface area contributed by atoms with Gasteiger partial charge in [-0.05, 0) is 130 Å². The van der Waals surface area contributed by atoms with E-state index in [4.69, 9.17) is 29.8 Å². The summed E-state index contributed by atoms with van der Waals surface area (Å²) in [6, 6.07) is 23.4. The van der Waals surface area contributed by atoms with Crippen molar-refractivity contribution in [3.63, 3.8) is 0 Å². The van der Waals surface area contributed by atoms with Crippen LogP contribution in [0.1, 0.15) is 29.0 Å². The van der Waals surface area contributed by atoms with E-state index in [0.29, 0.717) is 53.8 Å². The van der Waals surface area contributed by atoms with Crippen molar-refractivity contribution in [1.82, 2.24) is 9.97 Å². The number of carboxylic acid groups (broad SMARTS) is 1. The largest absolute Gasteiger partial charge is 0.493 e. The van der Waals surface area contributed by atoms with Gasteiger partial charge in [-0.2, -0.15) is 0 Å². The first-order chi connectivity index (χ1) is 24.5. The Balaban J connectivity index is 0.000000190. The highest BCUT2D eigenvalue weighted by atomic mass is 127. The first-order valence-corrected chi connectivity index (χ1v) is 19.3. The van der Waals surface area contributed by atoms with E-state index in [-0.39, 0.29) is 12.2 Å². The van der Waals surface area contributed by atoms with E-state index in [1.165, 1.54) is 18.5 Å². The number of anilines is 1. The van der Waals surface area contributed by atoms with Crippen molar-refractivity contribution < 1.29 is 33.6 Å². The minimum Gasteiger partial charge on any atom is -0.493 e. The Bertz CT molecular complexity index is 2100. The van der Waals surface area contributed by atoms with Gasteiger partial charge in [0, 0.05) is 20.0 Å². The number of aliphatic carboxylic acids is 1. The Morgan fingerprint density at radius 3 is 1.67 bits per heavy atom. The third kappa shape index (κ3) is 12.2. The summed E-state index contributed by atoms with van der Waals surface area (Å²) in [6.07, 6.45) is 2.18. The molecule has 0 spiro atoms. The number of carbonyl (C=O) groups excluding carboxylic acids is 1. The molecule has 0 radical (unpaired) electrons. The molecule has 0 aliphatic heterocycles. The predicted molar refractivity (Wildman–Crippen MR) is 221 cm³/mol. The number of hydrogen-bond donors (Lipinski definition) is 2. The van der Waals surface area contributed by atoms with Crippen LogP contribution in [-0.4, -0.2) is 55.3 Å². The molecule has 0 amide bonds. The molecule has 0 saturated heterocycles. The number of thiazole rings is 2. The molecular formula is C37H37I2N3O7S2. The second-order valence-corrected chi connectivity index (χ2v) is 15.5. The molecule has 3 N–H and O–H groups in total. The molecule has 0 atom stereocenters. The van der Waals surface area contributed by atoms with Gasteiger partial charge in [-0.1, -0.05) is 23.5 Å². The number of rotatable bonds is 12. The molecule has 0 bridgehead atoms. The van der Waals surface area contributed by atoms with Gasteiger partial charge in [-0.25, -0.2) is 9.97 Å². The number of nitrogens with zero attached hydrogens (tertiary/aromatic N) is 2. The first kappa shape index (κ1) is 40.0. The lowest BCUT2D eigenvalue weighted by molar-refractivity contribution is -0.137. The summed E-state index contributed by atoms with van der Waals surface area (Å²) in [4.78, 5) is 31.4. The Kier molecular flexibility index (Phi) is 15.5. The van der Waals surface area contributed by atoms with E-state index in [2.05, 4.69) is 67.3 Å². The van der Waals surface area contributed by atoms with E-state index < -0.39 is 5.97 Å². The molecule has 51 heavy (non-hydrogen) atoms. The zero-order chi connectivity index (χ0) is 36.9. The van der Waals surface area contributed by atoms with Crippen LogP contribution in [0.4, 0.5) is 5.13 Å². The molecule has 6 aromatic rings. The molecule has 2 heterocycles. The van der Waals surface area contributed by atoms with Crippen LogP contribution in [0, 0.1) is 7.14 Å². The number of benzene rings is 4. The molecule has 0 aliphatic carbocycles. The quantitative estimate of drug-likeness (QED) is 0.114. The SMILES string of the molecule is COc1ccc(CCC(=O)Cc2nc3ccc(I)cc3s2)cc1OC.COc1ccc(CCC(=O)O)cc1OC.Nc1nc2ccc(I)cc2s1. The fourth-order valence-corrected chi connectivity index (χ4v) is 8.02. The lowest BCUT2D eigenvalue weighted by Crippen LogP contribution is -2.04. The summed E-state index contributed by atoms with van der Waals surface area (Å²) in [5.74, 6) is 2.06. The fourth-order valence-electron chi connectivity index (χ4n) is 4.80. The van der Waals surface area contributed by atoms with Crippen LogP contribution >= 0.6 is 67.9 Å². The predicted octanol–water partition coefficient (Wildman–Crippen LogP) is 8.87. The van der Waals surface area contributed by atoms with E-state index in [1.54, 1.807) is 51.9 Å². The minimum atomic E-state index is -0.801. The second kappa shape index (κ2) is 19.8. The Hall–Kier alpha value is -3.74. The average Bonchev–Trinajstić information content (AvgIpc) is 3.70. The molecule has 0 unspecified atom stereocenters. The standard InChI is InChI=1S/C19H18INO3S.C11H14O4.C7H5IN2S/c1-23-16-8-4-12(9-17(16)24-2)3-6-14(22)11-19-21-15-7-5-13(20)10-18(15)25-19;1-14-9-5-3-8(4-6-11(12)13)7-10(9)15-2;8-4-1-2-5-6(3-4)11-7(9)10-5/h4-5,7-10H,3,6,11H2,1-2H3;3,5,7H,4,6H2,1-2H3,(H,12,13);1-3H,(H2,9,10). The van der Waals surface area contributed by atoms with E-state index in [1.807, 2.05) is 48.5 Å². The molecule has 0 fully saturated rings. The Morgan fingerprint density at radius 1 is 0.667 bits per heavy atom. The number of nitrogens with two attached hydrogens (primary N) is 1. The van der Waals surface area contributed by atoms with E-state index in [0.717, 1.165) is 36.6 Å². The van der Waals surface area contributed by atoms with E-state index >= 15 is 0 Å². The maximum atomic E-state index is 12.3. The molecule has 4 aromatic carbocycles. The molecule has 14 heteroatoms. The number of nitrogen functional groups attached to an aromatic ring is 1. The molecule has 268 valence electrons. The average molecular weight is 954 g/mol. The monoisotopic (exact) mass is 953 g/mol. The fraction of sp³-hybridized carbons (Fsp3) is 0.243. The number of hydrogen-bond acceptors (Lipinski definition) is 11. The van der Waals surface area contributed by atoms with Crippen LogP contribution < -0.4 is 24.7 Å². The lowest BCUT2D eigenvalue weighted by atomic mass is 10.1. The molecule has 2 aromatic heterocycles. The van der Waals surface area contributed by atoms with Gasteiger partial charge >= 0.3 is 5.97 Å². The van der Waals surface area contributed by atoms with Crippen molar-refractivity contribution >= 4 is 105 Å². The van der Waals surface area contributed by atoms with Gasteiger partial charge in [0.15, 0.2) is 28.1 Å². The van der Waals surface area contributed by atoms with Crippen LogP contribution in [0.5, 0.6) is 23.0 Å². The van der Waals surface area contributed by atoms with Crippen molar-refractivity contribution in [1.29, 1.82) is 0 Å². The van der Waals surface area contributed by atoms with Crippen LogP contribution in [0.3, 0.4) is 0 Å². The van der Waals surface area contributed by atoms with E-state index in [9.17, 15) is 9.59 Å². The minimum absolute atomic E-state index is 0.121. The topological polar surface area (TPSA) is 143 Å². The number of aryl methyl sites for hydroxylation is 2. The highest BCUT2D eigenvalue weighted by molar-refractivity contribution is 14.1. The number of ether oxygens (including phenoxy) is 4. The number of aromatic nitrogens is 2. The van der Waals surface area contributed by atoms with Gasteiger partial charge in [-0.15, -0.1) is 11.3 Å². The molecule has 0 aliphatic rings. The summed E-state index contributed by atoms with van der Waals surface area (Å²) >= 11 is 7.69. The maximum Gasteiger partial charge on any atom is 0.303 e. The zero-order valence-corrected chi connectivity index (χ0v) is 34.4. The number of carbonyl (C=O) groups is 2. The Morgan fingerprint density at radius 2 is 1.16 bits per heavy atom. The van der Waals surface area contributed by atoms with Gasteiger partial charge in [0.05, 0.1) is 55.3 Å². The molecular weight excluding hydrogens is 916 g/mol. The smallest absolute Gasteiger partial charge is 0.303 e. The number of carboxylic acids is 1. The van der Waals surface area contributed by atoms with Crippen molar-refractivity contribution in [2.45, 2.75) is 32.1 Å². The summed E-state index contributed by atoms with van der Waals surface area (Å²) in [5, 5.41) is 10.1. The van der Waals surface area contributed by atoms with Crippen molar-refractivity contribution in [3.8, 4) is 23.0 Å². The maximum absolute atomic E-state index is 12.3. The Labute approximate surface area is 331 Å². The normalized spacial score (nSPS) is 10.5. The zero-order valence-electron chi connectivity index (χ0n) is 28.4. The van der Waals surface area contributed by atoms with Crippen LogP contribution in [0.25, 0.3) is 20.4 Å². The molecule has 0 saturated carbocycles. The number of ketones is 1. The lowest BCUT2D eigenvalue weighted by Gasteiger charge is -2.09. The highest BCUT2D eigenvalue weighted by Gasteiger charge is 2.11. The van der Waals surface area contributed by atoms with Gasteiger partial charge in [0.1, 0.15) is 10.8 Å². The number of Topliss-reactive ketones (excluding diaryl/α,β-unsaturated/α-hetero) is 1. The molecule has 10 nitrogen and oxygen atoms in total. The van der Waals surface area contributed by atoms with Crippen molar-refractivity contribution in [2.24, 2.45) is 0 Å². The summed E-state index contributed by atoms with van der Waals surface area (Å²) in [6.45, 7) is 0. The summed E-state index contributed by atoms with van der Waals surface area (Å²) in [5.41, 5.74) is 9.49. The third-order valence-corrected chi connectivity index (χ3v) is 10.5. The highest BCUT2D eigenvalue weighted by Crippen LogP contribution is 2.30. The van der Waals surface area contributed by atoms with Gasteiger partial charge in [-0.3, -0.25) is 9.59 Å². The summed E-state index contributed by atoms with van der Waals surface area (Å²) in [7, 11) is 6.34. The van der Waals surface area contributed by atoms with Gasteiger partial charge in [0.2, 0.25) is 0 Å². The van der Waals surface area contributed by atoms with Gasteiger partial charge in [0.25, 0.3) is 0 Å². The van der Waals surface area contributed by atoms with Gasteiger partial charge < -0.3 is 29.8 Å². The second-order valence-electron chi connectivity index (χ2n) is 10.9. The van der Waals surface area contributed by atoms with Crippen LogP contribution in [-0.2, 0) is 28.9 Å². The van der Waals surface area contributed by atoms with Crippen molar-refractivity contribution in [3.05, 3.63) is 96.1 Å². The first-order valence-electron chi connectivity index (χ1n) is 15.5. The van der Waals surface area contributed by atoms with Crippen LogP contribution in [0.2, 0.25) is 0 Å². The number of methoxy groups -OCH3 is 4. The number of halogens is 2. The third-order valence-electron chi connectivity index (χ3n) is 7.33. The van der Waals surface area contributed by atoms with Crippen LogP contribution in [0.15, 0.2) is 72.8 Å². The van der Waals surface area contributed by atoms with Crippen molar-refractivity contribution in [2.75, 3.05) is 34.2 Å².